The van der Waals surface area contributed by atoms with Crippen molar-refractivity contribution in [1.29, 1.82) is 0 Å². The highest BCUT2D eigenvalue weighted by molar-refractivity contribution is 6.31. The van der Waals surface area contributed by atoms with E-state index < -0.39 is 0 Å². The van der Waals surface area contributed by atoms with Crippen molar-refractivity contribution in [3.05, 3.63) is 16.9 Å². The Labute approximate surface area is 108 Å². The van der Waals surface area contributed by atoms with E-state index in [0.717, 1.165) is 28.5 Å². The molecule has 3 rings (SSSR count). The number of nitrogens with one attached hydrogen (secondary N) is 1. The summed E-state index contributed by atoms with van der Waals surface area (Å²) in [6.07, 6.45) is 7.39. The lowest BCUT2D eigenvalue weighted by atomic mass is 10.0. The van der Waals surface area contributed by atoms with E-state index in [1.54, 1.807) is 6.20 Å². The molecule has 0 saturated heterocycles. The van der Waals surface area contributed by atoms with E-state index in [2.05, 4.69) is 10.4 Å². The van der Waals surface area contributed by atoms with Gasteiger partial charge in [-0.2, -0.15) is 5.10 Å². The third-order valence-corrected chi connectivity index (χ3v) is 4.94. The minimum Gasteiger partial charge on any atom is -0.311 e. The van der Waals surface area contributed by atoms with Crippen LogP contribution in [-0.2, 0) is 7.05 Å². The second kappa shape index (κ2) is 4.29. The maximum Gasteiger partial charge on any atom is 0.0834 e. The molecule has 1 N–H and O–H groups in total. The Balaban J connectivity index is 1.85. The maximum absolute atomic E-state index is 6.26. The number of aromatic nitrogens is 2. The first-order chi connectivity index (χ1) is 8.24. The van der Waals surface area contributed by atoms with Crippen LogP contribution >= 0.6 is 11.6 Å². The molecule has 0 aliphatic heterocycles. The minimum absolute atomic E-state index is 0.378. The van der Waals surface area contributed by atoms with Gasteiger partial charge in [-0.3, -0.25) is 4.68 Å². The molecular weight excluding hydrogens is 234 g/mol. The van der Waals surface area contributed by atoms with E-state index in [0.29, 0.717) is 6.04 Å². The van der Waals surface area contributed by atoms with Gasteiger partial charge in [0.1, 0.15) is 0 Å². The fourth-order valence-corrected chi connectivity index (χ4v) is 4.11. The van der Waals surface area contributed by atoms with Gasteiger partial charge in [-0.05, 0) is 37.6 Å². The summed E-state index contributed by atoms with van der Waals surface area (Å²) in [6.45, 7) is 0. The van der Waals surface area contributed by atoms with Gasteiger partial charge >= 0.3 is 0 Å². The Kier molecular flexibility index (Phi) is 2.91. The summed E-state index contributed by atoms with van der Waals surface area (Å²) in [7, 11) is 4.02. The van der Waals surface area contributed by atoms with Crippen molar-refractivity contribution >= 4 is 11.6 Å². The Morgan fingerprint density at radius 1 is 1.41 bits per heavy atom. The molecule has 4 heteroatoms. The van der Waals surface area contributed by atoms with Crippen LogP contribution in [-0.4, -0.2) is 16.8 Å². The van der Waals surface area contributed by atoms with Crippen LogP contribution in [0.2, 0.25) is 5.02 Å². The number of halogens is 1. The number of nitrogens with zero attached hydrogens (tertiary/aromatic N) is 2. The van der Waals surface area contributed by atoms with Crippen LogP contribution in [0.1, 0.15) is 37.4 Å². The molecule has 3 nitrogen and oxygen atoms in total. The molecule has 3 unspecified atom stereocenters. The molecule has 0 radical (unpaired) electrons. The van der Waals surface area contributed by atoms with Crippen molar-refractivity contribution in [2.45, 2.75) is 31.7 Å². The number of aryl methyl sites for hydroxylation is 1. The van der Waals surface area contributed by atoms with Crippen LogP contribution in [0.4, 0.5) is 0 Å². The van der Waals surface area contributed by atoms with Gasteiger partial charge in [0.2, 0.25) is 0 Å². The third-order valence-electron chi connectivity index (χ3n) is 4.65. The Bertz CT molecular complexity index is 383. The molecular formula is C13H20ClN3. The van der Waals surface area contributed by atoms with Gasteiger partial charge < -0.3 is 5.32 Å². The van der Waals surface area contributed by atoms with E-state index >= 15 is 0 Å². The lowest BCUT2D eigenvalue weighted by Crippen LogP contribution is -2.23. The second-order valence-corrected chi connectivity index (χ2v) is 5.86. The average molecular weight is 254 g/mol. The highest BCUT2D eigenvalue weighted by atomic mass is 35.5. The predicted octanol–water partition coefficient (Wildman–Crippen LogP) is 2.77. The topological polar surface area (TPSA) is 29.9 Å². The normalized spacial score (nSPS) is 33.2. The zero-order valence-electron chi connectivity index (χ0n) is 10.5. The van der Waals surface area contributed by atoms with Gasteiger partial charge in [-0.1, -0.05) is 24.4 Å². The summed E-state index contributed by atoms with van der Waals surface area (Å²) in [5, 5.41) is 8.52. The number of hydrogen-bond acceptors (Lipinski definition) is 2. The van der Waals surface area contributed by atoms with E-state index in [-0.39, 0.29) is 0 Å². The van der Waals surface area contributed by atoms with E-state index in [1.165, 1.54) is 25.7 Å². The SMILES string of the molecule is CNC(c1c(Cl)cnn1C)C1C2CCCCC21. The van der Waals surface area contributed by atoms with Crippen LogP contribution < -0.4 is 5.32 Å². The molecule has 2 aliphatic rings. The van der Waals surface area contributed by atoms with Crippen LogP contribution in [0.5, 0.6) is 0 Å². The predicted molar refractivity (Wildman–Crippen MR) is 69.0 cm³/mol. The van der Waals surface area contributed by atoms with Gasteiger partial charge in [0.25, 0.3) is 0 Å². The molecule has 2 aliphatic carbocycles. The Hall–Kier alpha value is -0.540. The van der Waals surface area contributed by atoms with Gasteiger partial charge in [0, 0.05) is 7.05 Å². The fraction of sp³-hybridized carbons (Fsp3) is 0.769. The molecule has 1 heterocycles. The molecule has 3 atom stereocenters. The lowest BCUT2D eigenvalue weighted by Gasteiger charge is -2.17. The van der Waals surface area contributed by atoms with Crippen molar-refractivity contribution in [2.24, 2.45) is 24.8 Å². The van der Waals surface area contributed by atoms with Crippen molar-refractivity contribution in [3.8, 4) is 0 Å². The molecule has 0 aromatic carbocycles. The molecule has 17 heavy (non-hydrogen) atoms. The van der Waals surface area contributed by atoms with Crippen LogP contribution in [0, 0.1) is 17.8 Å². The van der Waals surface area contributed by atoms with Gasteiger partial charge in [0.05, 0.1) is 23.0 Å². The van der Waals surface area contributed by atoms with Crippen molar-refractivity contribution in [3.63, 3.8) is 0 Å². The fourth-order valence-electron chi connectivity index (χ4n) is 3.82. The van der Waals surface area contributed by atoms with Crippen molar-refractivity contribution in [1.82, 2.24) is 15.1 Å². The standard InChI is InChI=1S/C13H20ClN3/c1-15-12(13-10(14)7-16-17(13)2)11-8-5-3-4-6-9(8)11/h7-9,11-12,15H,3-6H2,1-2H3. The zero-order chi connectivity index (χ0) is 12.0. The quantitative estimate of drug-likeness (QED) is 0.898. The van der Waals surface area contributed by atoms with E-state index in [1.807, 2.05) is 18.8 Å². The zero-order valence-corrected chi connectivity index (χ0v) is 11.2. The largest absolute Gasteiger partial charge is 0.311 e. The van der Waals surface area contributed by atoms with Crippen molar-refractivity contribution in [2.75, 3.05) is 7.05 Å². The summed E-state index contributed by atoms with van der Waals surface area (Å²) in [4.78, 5) is 0. The van der Waals surface area contributed by atoms with Crippen LogP contribution in [0.25, 0.3) is 0 Å². The monoisotopic (exact) mass is 253 g/mol. The minimum atomic E-state index is 0.378. The smallest absolute Gasteiger partial charge is 0.0834 e. The van der Waals surface area contributed by atoms with Gasteiger partial charge in [0.15, 0.2) is 0 Å². The molecule has 2 saturated carbocycles. The molecule has 1 aromatic rings. The Morgan fingerprint density at radius 3 is 2.53 bits per heavy atom. The van der Waals surface area contributed by atoms with Crippen LogP contribution in [0.15, 0.2) is 6.20 Å². The second-order valence-electron chi connectivity index (χ2n) is 5.46. The maximum atomic E-state index is 6.26. The molecule has 0 spiro atoms. The molecule has 1 aromatic heterocycles. The lowest BCUT2D eigenvalue weighted by molar-refractivity contribution is 0.451. The van der Waals surface area contributed by atoms with E-state index in [9.17, 15) is 0 Å². The molecule has 2 fully saturated rings. The number of hydrogen-bond donors (Lipinski definition) is 1. The highest BCUT2D eigenvalue weighted by Crippen LogP contribution is 2.60. The number of rotatable bonds is 3. The van der Waals surface area contributed by atoms with Crippen LogP contribution in [0.3, 0.4) is 0 Å². The van der Waals surface area contributed by atoms with Gasteiger partial charge in [-0.15, -0.1) is 0 Å². The first kappa shape index (κ1) is 11.5. The molecule has 0 amide bonds. The summed E-state index contributed by atoms with van der Waals surface area (Å²) in [5.41, 5.74) is 1.16. The van der Waals surface area contributed by atoms with Gasteiger partial charge in [-0.25, -0.2) is 0 Å². The third kappa shape index (κ3) is 1.80. The average Bonchev–Trinajstić information content (AvgIpc) is 2.97. The number of fused-ring (bicyclic) bond motifs is 1. The first-order valence-corrected chi connectivity index (χ1v) is 6.96. The van der Waals surface area contributed by atoms with E-state index in [4.69, 9.17) is 11.6 Å². The summed E-state index contributed by atoms with van der Waals surface area (Å²) >= 11 is 6.26. The summed E-state index contributed by atoms with van der Waals surface area (Å²) < 4.78 is 1.92. The Morgan fingerprint density at radius 2 is 2.06 bits per heavy atom. The highest BCUT2D eigenvalue weighted by Gasteiger charge is 2.54. The summed E-state index contributed by atoms with van der Waals surface area (Å²) in [5.74, 6) is 2.62. The van der Waals surface area contributed by atoms with Crippen molar-refractivity contribution < 1.29 is 0 Å². The molecule has 0 bridgehead atoms. The molecule has 94 valence electrons. The summed E-state index contributed by atoms with van der Waals surface area (Å²) in [6, 6.07) is 0.378. The first-order valence-electron chi connectivity index (χ1n) is 6.58.